The van der Waals surface area contributed by atoms with Crippen LogP contribution in [0.25, 0.3) is 0 Å². The maximum Gasteiger partial charge on any atom is 0.309 e. The molecule has 2 rings (SSSR count). The summed E-state index contributed by atoms with van der Waals surface area (Å²) in [5.74, 6) is -0.178. The van der Waals surface area contributed by atoms with Crippen LogP contribution in [0.15, 0.2) is 12.1 Å². The van der Waals surface area contributed by atoms with E-state index in [-0.39, 0.29) is 11.9 Å². The highest BCUT2D eigenvalue weighted by atomic mass is 35.5. The van der Waals surface area contributed by atoms with Crippen molar-refractivity contribution in [2.75, 3.05) is 20.2 Å². The van der Waals surface area contributed by atoms with Gasteiger partial charge in [0.1, 0.15) is 10.3 Å². The molecule has 0 aromatic carbocycles. The number of piperidine rings is 1. The third kappa shape index (κ3) is 3.81. The lowest BCUT2D eigenvalue weighted by molar-refractivity contribution is -0.147. The predicted molar refractivity (Wildman–Crippen MR) is 74.3 cm³/mol. The highest BCUT2D eigenvalue weighted by Crippen LogP contribution is 2.23. The van der Waals surface area contributed by atoms with E-state index in [1.165, 1.54) is 7.11 Å². The minimum atomic E-state index is -0.134. The van der Waals surface area contributed by atoms with Crippen molar-refractivity contribution in [3.63, 3.8) is 0 Å². The summed E-state index contributed by atoms with van der Waals surface area (Å²) in [6, 6.07) is 3.60. The first-order valence-corrected chi connectivity index (χ1v) is 6.97. The molecule has 1 aromatic heterocycles. The fourth-order valence-corrected chi connectivity index (χ4v) is 2.76. The Morgan fingerprint density at radius 1 is 1.53 bits per heavy atom. The molecule has 1 aliphatic heterocycles. The topological polar surface area (TPSA) is 42.4 Å². The summed E-state index contributed by atoms with van der Waals surface area (Å²) in [4.78, 5) is 17.8. The number of pyridine rings is 1. The summed E-state index contributed by atoms with van der Waals surface area (Å²) in [5, 5.41) is 0.813. The molecule has 1 atom stereocenters. The zero-order chi connectivity index (χ0) is 13.8. The number of carbonyl (C=O) groups is 1. The van der Waals surface area contributed by atoms with Gasteiger partial charge in [0.05, 0.1) is 13.0 Å². The molecular weight excluding hydrogens is 287 g/mol. The molecular formula is C13H16Cl2N2O2. The summed E-state index contributed by atoms with van der Waals surface area (Å²) >= 11 is 11.8. The third-order valence-corrected chi connectivity index (χ3v) is 3.86. The normalized spacial score (nSPS) is 20.3. The van der Waals surface area contributed by atoms with Crippen LogP contribution in [0, 0.1) is 5.92 Å². The van der Waals surface area contributed by atoms with Gasteiger partial charge in [0.25, 0.3) is 0 Å². The number of likely N-dealkylation sites (tertiary alicyclic amines) is 1. The molecule has 0 spiro atoms. The van der Waals surface area contributed by atoms with Gasteiger partial charge in [-0.2, -0.15) is 0 Å². The molecule has 0 radical (unpaired) electrons. The standard InChI is InChI=1S/C13H16Cl2N2O2/c1-19-13(18)10-3-2-6-17(8-10)7-9-4-5-11(14)16-12(9)15/h4-5,10H,2-3,6-8H2,1H3/t10-/m0/s1. The van der Waals surface area contributed by atoms with Crippen molar-refractivity contribution >= 4 is 29.2 Å². The second kappa shape index (κ2) is 6.55. The summed E-state index contributed by atoms with van der Waals surface area (Å²) in [5.41, 5.74) is 0.927. The number of methoxy groups -OCH3 is 1. The largest absolute Gasteiger partial charge is 0.469 e. The third-order valence-electron chi connectivity index (χ3n) is 3.33. The molecule has 1 saturated heterocycles. The lowest BCUT2D eigenvalue weighted by Gasteiger charge is -2.31. The zero-order valence-electron chi connectivity index (χ0n) is 10.7. The van der Waals surface area contributed by atoms with Gasteiger partial charge in [0.15, 0.2) is 0 Å². The average molecular weight is 303 g/mol. The number of carbonyl (C=O) groups excluding carboxylic acids is 1. The number of rotatable bonds is 3. The number of hydrogen-bond acceptors (Lipinski definition) is 4. The first-order chi connectivity index (χ1) is 9.10. The van der Waals surface area contributed by atoms with E-state index in [0.717, 1.165) is 24.9 Å². The molecule has 104 valence electrons. The highest BCUT2D eigenvalue weighted by Gasteiger charge is 2.26. The molecule has 1 fully saturated rings. The van der Waals surface area contributed by atoms with Gasteiger partial charge in [-0.1, -0.05) is 29.3 Å². The van der Waals surface area contributed by atoms with Crippen molar-refractivity contribution in [3.05, 3.63) is 28.0 Å². The fourth-order valence-electron chi connectivity index (χ4n) is 2.36. The average Bonchev–Trinajstić information content (AvgIpc) is 2.41. The second-order valence-corrected chi connectivity index (χ2v) is 5.43. The quantitative estimate of drug-likeness (QED) is 0.636. The van der Waals surface area contributed by atoms with E-state index in [0.29, 0.717) is 23.4 Å². The van der Waals surface area contributed by atoms with Crippen molar-refractivity contribution in [2.45, 2.75) is 19.4 Å². The molecule has 6 heteroatoms. The van der Waals surface area contributed by atoms with Crippen molar-refractivity contribution in [2.24, 2.45) is 5.92 Å². The Hall–Kier alpha value is -0.840. The molecule has 0 unspecified atom stereocenters. The van der Waals surface area contributed by atoms with Crippen LogP contribution in [0.1, 0.15) is 18.4 Å². The monoisotopic (exact) mass is 302 g/mol. The van der Waals surface area contributed by atoms with Crippen LogP contribution in [0.2, 0.25) is 10.3 Å². The zero-order valence-corrected chi connectivity index (χ0v) is 12.2. The van der Waals surface area contributed by atoms with Gasteiger partial charge >= 0.3 is 5.97 Å². The number of halogens is 2. The van der Waals surface area contributed by atoms with E-state index in [2.05, 4.69) is 9.88 Å². The minimum absolute atomic E-state index is 0.0437. The maximum absolute atomic E-state index is 11.6. The molecule has 4 nitrogen and oxygen atoms in total. The van der Waals surface area contributed by atoms with Gasteiger partial charge < -0.3 is 4.74 Å². The maximum atomic E-state index is 11.6. The van der Waals surface area contributed by atoms with E-state index in [9.17, 15) is 4.79 Å². The van der Waals surface area contributed by atoms with Gasteiger partial charge in [-0.15, -0.1) is 0 Å². The van der Waals surface area contributed by atoms with Gasteiger partial charge in [0.2, 0.25) is 0 Å². The molecule has 19 heavy (non-hydrogen) atoms. The lowest BCUT2D eigenvalue weighted by Crippen LogP contribution is -2.38. The van der Waals surface area contributed by atoms with E-state index in [1.54, 1.807) is 6.07 Å². The summed E-state index contributed by atoms with van der Waals surface area (Å²) in [7, 11) is 1.43. The van der Waals surface area contributed by atoms with Crippen LogP contribution >= 0.6 is 23.2 Å². The van der Waals surface area contributed by atoms with Crippen LogP contribution in [0.3, 0.4) is 0 Å². The van der Waals surface area contributed by atoms with E-state index in [4.69, 9.17) is 27.9 Å². The predicted octanol–water partition coefficient (Wildman–Crippen LogP) is 2.77. The Bertz CT molecular complexity index is 468. The number of esters is 1. The number of nitrogens with zero attached hydrogens (tertiary/aromatic N) is 2. The van der Waals surface area contributed by atoms with Crippen molar-refractivity contribution in [3.8, 4) is 0 Å². The van der Waals surface area contributed by atoms with Crippen molar-refractivity contribution in [1.82, 2.24) is 9.88 Å². The van der Waals surface area contributed by atoms with Crippen LogP contribution in [-0.4, -0.2) is 36.1 Å². The van der Waals surface area contributed by atoms with Crippen LogP contribution in [0.5, 0.6) is 0 Å². The molecule has 0 amide bonds. The Kier molecular flexibility index (Phi) is 5.02. The van der Waals surface area contributed by atoms with Crippen molar-refractivity contribution < 1.29 is 9.53 Å². The Labute approximate surface area is 122 Å². The van der Waals surface area contributed by atoms with Crippen molar-refractivity contribution in [1.29, 1.82) is 0 Å². The molecule has 2 heterocycles. The van der Waals surface area contributed by atoms with Crippen LogP contribution in [0.4, 0.5) is 0 Å². The summed E-state index contributed by atoms with van der Waals surface area (Å²) in [6.45, 7) is 2.33. The highest BCUT2D eigenvalue weighted by molar-refractivity contribution is 6.32. The Balaban J connectivity index is 2.00. The minimum Gasteiger partial charge on any atom is -0.469 e. The van der Waals surface area contributed by atoms with Crippen LogP contribution < -0.4 is 0 Å². The molecule has 1 aliphatic rings. The summed E-state index contributed by atoms with van der Waals surface area (Å²) < 4.78 is 4.81. The number of ether oxygens (including phenoxy) is 1. The molecule has 0 N–H and O–H groups in total. The van der Waals surface area contributed by atoms with E-state index in [1.807, 2.05) is 6.07 Å². The summed E-state index contributed by atoms with van der Waals surface area (Å²) in [6.07, 6.45) is 1.87. The molecule has 0 aliphatic carbocycles. The Morgan fingerprint density at radius 2 is 2.32 bits per heavy atom. The fraction of sp³-hybridized carbons (Fsp3) is 0.538. The first kappa shape index (κ1) is 14.6. The Morgan fingerprint density at radius 3 is 3.00 bits per heavy atom. The smallest absolute Gasteiger partial charge is 0.309 e. The molecule has 0 saturated carbocycles. The number of hydrogen-bond donors (Lipinski definition) is 0. The van der Waals surface area contributed by atoms with Crippen LogP contribution in [-0.2, 0) is 16.1 Å². The molecule has 1 aromatic rings. The van der Waals surface area contributed by atoms with E-state index >= 15 is 0 Å². The van der Waals surface area contributed by atoms with Gasteiger partial charge in [-0.25, -0.2) is 4.98 Å². The second-order valence-electron chi connectivity index (χ2n) is 4.68. The molecule has 0 bridgehead atoms. The SMILES string of the molecule is COC(=O)[C@H]1CCCN(Cc2ccc(Cl)nc2Cl)C1. The van der Waals surface area contributed by atoms with Gasteiger partial charge in [-0.05, 0) is 25.5 Å². The van der Waals surface area contributed by atoms with E-state index < -0.39 is 0 Å². The van der Waals surface area contributed by atoms with Gasteiger partial charge in [0, 0.05) is 18.7 Å². The number of aromatic nitrogens is 1. The first-order valence-electron chi connectivity index (χ1n) is 6.21. The lowest BCUT2D eigenvalue weighted by atomic mass is 9.98. The van der Waals surface area contributed by atoms with Gasteiger partial charge in [-0.3, -0.25) is 9.69 Å².